The van der Waals surface area contributed by atoms with E-state index < -0.39 is 0 Å². The molecule has 0 radical (unpaired) electrons. The lowest BCUT2D eigenvalue weighted by Crippen LogP contribution is -1.92. The van der Waals surface area contributed by atoms with Crippen molar-refractivity contribution in [2.75, 3.05) is 5.73 Å². The van der Waals surface area contributed by atoms with Gasteiger partial charge in [-0.05, 0) is 25.1 Å². The van der Waals surface area contributed by atoms with Crippen molar-refractivity contribution in [2.24, 2.45) is 0 Å². The zero-order valence-electron chi connectivity index (χ0n) is 9.56. The van der Waals surface area contributed by atoms with Crippen molar-refractivity contribution in [3.63, 3.8) is 0 Å². The Bertz CT molecular complexity index is 510. The average Bonchev–Trinajstić information content (AvgIpc) is 2.76. The maximum absolute atomic E-state index is 5.95. The molecule has 0 saturated carbocycles. The Kier molecular flexibility index (Phi) is 4.12. The van der Waals surface area contributed by atoms with Crippen LogP contribution in [0.4, 0.5) is 5.69 Å². The normalized spacial score (nSPS) is 10.7. The Morgan fingerprint density at radius 1 is 1.47 bits per heavy atom. The number of aromatic nitrogens is 2. The topological polar surface area (TPSA) is 43.8 Å². The van der Waals surface area contributed by atoms with Gasteiger partial charge < -0.3 is 5.73 Å². The van der Waals surface area contributed by atoms with Crippen LogP contribution < -0.4 is 5.73 Å². The molecule has 1 heterocycles. The minimum absolute atomic E-state index is 0.812. The fraction of sp³-hybridized carbons (Fsp3) is 0.250. The number of halogens is 1. The van der Waals surface area contributed by atoms with Gasteiger partial charge in [-0.15, -0.1) is 11.8 Å². The molecule has 1 aromatic heterocycles. The van der Waals surface area contributed by atoms with Crippen LogP contribution in [0.2, 0.25) is 0 Å². The highest BCUT2D eigenvalue weighted by molar-refractivity contribution is 9.10. The number of rotatable bonds is 4. The summed E-state index contributed by atoms with van der Waals surface area (Å²) >= 11 is 5.14. The Labute approximate surface area is 114 Å². The standard InChI is InChI=1S/C12H14BrN3S/c1-2-16-7-9(6-15-16)8-17-12-4-3-10(13)5-11(12)14/h3-7H,2,8,14H2,1H3. The monoisotopic (exact) mass is 311 g/mol. The van der Waals surface area contributed by atoms with Crippen LogP contribution in [0.3, 0.4) is 0 Å². The Hall–Kier alpha value is -0.940. The molecule has 0 aliphatic carbocycles. The molecule has 1 aromatic carbocycles. The summed E-state index contributed by atoms with van der Waals surface area (Å²) in [6.07, 6.45) is 3.98. The highest BCUT2D eigenvalue weighted by Crippen LogP contribution is 2.30. The Balaban J connectivity index is 2.02. The fourth-order valence-electron chi connectivity index (χ4n) is 1.47. The summed E-state index contributed by atoms with van der Waals surface area (Å²) in [6.45, 7) is 2.99. The second kappa shape index (κ2) is 5.60. The predicted octanol–water partition coefficient (Wildman–Crippen LogP) is 3.54. The van der Waals surface area contributed by atoms with E-state index in [2.05, 4.69) is 34.1 Å². The maximum atomic E-state index is 5.95. The molecule has 0 amide bonds. The lowest BCUT2D eigenvalue weighted by Gasteiger charge is -2.04. The maximum Gasteiger partial charge on any atom is 0.0530 e. The van der Waals surface area contributed by atoms with Gasteiger partial charge in [0.25, 0.3) is 0 Å². The van der Waals surface area contributed by atoms with E-state index in [1.165, 1.54) is 5.56 Å². The first-order valence-electron chi connectivity index (χ1n) is 5.38. The summed E-state index contributed by atoms with van der Waals surface area (Å²) in [5, 5.41) is 4.25. The van der Waals surface area contributed by atoms with Crippen LogP contribution >= 0.6 is 27.7 Å². The molecule has 0 bridgehead atoms. The van der Waals surface area contributed by atoms with Gasteiger partial charge in [-0.1, -0.05) is 15.9 Å². The molecular formula is C12H14BrN3S. The van der Waals surface area contributed by atoms with Crippen LogP contribution in [0.5, 0.6) is 0 Å². The highest BCUT2D eigenvalue weighted by atomic mass is 79.9. The molecule has 2 rings (SSSR count). The van der Waals surface area contributed by atoms with Crippen molar-refractivity contribution < 1.29 is 0 Å². The number of hydrogen-bond acceptors (Lipinski definition) is 3. The smallest absolute Gasteiger partial charge is 0.0530 e. The molecule has 0 saturated heterocycles. The molecule has 0 unspecified atom stereocenters. The van der Waals surface area contributed by atoms with Crippen LogP contribution in [0.15, 0.2) is 40.0 Å². The first-order valence-corrected chi connectivity index (χ1v) is 7.16. The van der Waals surface area contributed by atoms with Gasteiger partial charge in [0.15, 0.2) is 0 Å². The molecule has 5 heteroatoms. The third kappa shape index (κ3) is 3.26. The highest BCUT2D eigenvalue weighted by Gasteiger charge is 2.03. The van der Waals surface area contributed by atoms with Crippen molar-refractivity contribution in [3.05, 3.63) is 40.6 Å². The second-order valence-electron chi connectivity index (χ2n) is 3.68. The van der Waals surface area contributed by atoms with E-state index >= 15 is 0 Å². The summed E-state index contributed by atoms with van der Waals surface area (Å²) in [6, 6.07) is 5.97. The van der Waals surface area contributed by atoms with Gasteiger partial charge in [-0.2, -0.15) is 5.10 Å². The van der Waals surface area contributed by atoms with Gasteiger partial charge in [0, 0.05) is 39.1 Å². The molecule has 0 atom stereocenters. The molecule has 0 aliphatic rings. The van der Waals surface area contributed by atoms with Crippen molar-refractivity contribution in [3.8, 4) is 0 Å². The lowest BCUT2D eigenvalue weighted by molar-refractivity contribution is 0.659. The predicted molar refractivity (Wildman–Crippen MR) is 76.0 cm³/mol. The molecule has 90 valence electrons. The number of benzene rings is 1. The number of nitrogens with two attached hydrogens (primary N) is 1. The number of aryl methyl sites for hydroxylation is 1. The van der Waals surface area contributed by atoms with E-state index in [1.54, 1.807) is 11.8 Å². The second-order valence-corrected chi connectivity index (χ2v) is 5.61. The van der Waals surface area contributed by atoms with Crippen LogP contribution in [-0.4, -0.2) is 9.78 Å². The van der Waals surface area contributed by atoms with E-state index in [1.807, 2.05) is 29.1 Å². The minimum atomic E-state index is 0.812. The molecule has 2 N–H and O–H groups in total. The third-order valence-corrected chi connectivity index (χ3v) is 4.03. The van der Waals surface area contributed by atoms with Gasteiger partial charge in [0.05, 0.1) is 6.20 Å². The van der Waals surface area contributed by atoms with Crippen molar-refractivity contribution in [2.45, 2.75) is 24.1 Å². The van der Waals surface area contributed by atoms with Crippen molar-refractivity contribution in [1.82, 2.24) is 9.78 Å². The average molecular weight is 312 g/mol. The first kappa shape index (κ1) is 12.5. The first-order chi connectivity index (χ1) is 8.19. The van der Waals surface area contributed by atoms with E-state index in [4.69, 9.17) is 5.73 Å². The molecule has 0 spiro atoms. The van der Waals surface area contributed by atoms with Crippen LogP contribution in [0.25, 0.3) is 0 Å². The van der Waals surface area contributed by atoms with E-state index in [-0.39, 0.29) is 0 Å². The van der Waals surface area contributed by atoms with Gasteiger partial charge >= 0.3 is 0 Å². The van der Waals surface area contributed by atoms with Gasteiger partial charge in [0.2, 0.25) is 0 Å². The fourth-order valence-corrected chi connectivity index (χ4v) is 2.71. The molecular weight excluding hydrogens is 298 g/mol. The Morgan fingerprint density at radius 2 is 2.29 bits per heavy atom. The number of nitrogen functional groups attached to an aromatic ring is 1. The largest absolute Gasteiger partial charge is 0.398 e. The summed E-state index contributed by atoms with van der Waals surface area (Å²) in [5.74, 6) is 0.895. The Morgan fingerprint density at radius 3 is 2.94 bits per heavy atom. The van der Waals surface area contributed by atoms with Crippen LogP contribution in [0.1, 0.15) is 12.5 Å². The van der Waals surface area contributed by atoms with Gasteiger partial charge in [-0.3, -0.25) is 4.68 Å². The van der Waals surface area contributed by atoms with Crippen LogP contribution in [-0.2, 0) is 12.3 Å². The zero-order chi connectivity index (χ0) is 12.3. The number of hydrogen-bond donors (Lipinski definition) is 1. The summed E-state index contributed by atoms with van der Waals surface area (Å²) in [4.78, 5) is 1.11. The number of anilines is 1. The van der Waals surface area contributed by atoms with E-state index in [9.17, 15) is 0 Å². The van der Waals surface area contributed by atoms with Crippen molar-refractivity contribution in [1.29, 1.82) is 0 Å². The summed E-state index contributed by atoms with van der Waals surface area (Å²) in [5.41, 5.74) is 7.98. The number of thioether (sulfide) groups is 1. The molecule has 0 fully saturated rings. The SMILES string of the molecule is CCn1cc(CSc2ccc(Br)cc2N)cn1. The molecule has 17 heavy (non-hydrogen) atoms. The third-order valence-electron chi connectivity index (χ3n) is 2.38. The van der Waals surface area contributed by atoms with Crippen LogP contribution in [0, 0.1) is 0 Å². The quantitative estimate of drug-likeness (QED) is 0.694. The minimum Gasteiger partial charge on any atom is -0.398 e. The lowest BCUT2D eigenvalue weighted by atomic mass is 10.3. The summed E-state index contributed by atoms with van der Waals surface area (Å²) < 4.78 is 2.94. The van der Waals surface area contributed by atoms with Gasteiger partial charge in [0.1, 0.15) is 0 Å². The van der Waals surface area contributed by atoms with E-state index in [0.717, 1.165) is 27.4 Å². The van der Waals surface area contributed by atoms with E-state index in [0.29, 0.717) is 0 Å². The molecule has 2 aromatic rings. The number of nitrogens with zero attached hydrogens (tertiary/aromatic N) is 2. The van der Waals surface area contributed by atoms with Crippen molar-refractivity contribution >= 4 is 33.4 Å². The summed E-state index contributed by atoms with van der Waals surface area (Å²) in [7, 11) is 0. The van der Waals surface area contributed by atoms with Gasteiger partial charge in [-0.25, -0.2) is 0 Å². The zero-order valence-corrected chi connectivity index (χ0v) is 12.0. The molecule has 3 nitrogen and oxygen atoms in total. The molecule has 0 aliphatic heterocycles.